The number of thiazole rings is 1. The molecule has 3 aromatic rings. The van der Waals surface area contributed by atoms with E-state index >= 15 is 0 Å². The number of halogens is 2. The molecule has 2 aromatic heterocycles. The first-order valence-electron chi connectivity index (χ1n) is 7.85. The first-order valence-corrected chi connectivity index (χ1v) is 10.3. The van der Waals surface area contributed by atoms with Gasteiger partial charge in [0.2, 0.25) is 0 Å². The van der Waals surface area contributed by atoms with Crippen molar-refractivity contribution in [1.29, 1.82) is 0 Å². The first kappa shape index (κ1) is 18.4. The zero-order valence-corrected chi connectivity index (χ0v) is 16.9. The summed E-state index contributed by atoms with van der Waals surface area (Å²) >= 11 is 15.2. The van der Waals surface area contributed by atoms with Gasteiger partial charge in [-0.05, 0) is 36.9 Å². The highest BCUT2D eigenvalue weighted by molar-refractivity contribution is 7.12. The summed E-state index contributed by atoms with van der Waals surface area (Å²) in [6.45, 7) is 4.85. The van der Waals surface area contributed by atoms with Crippen LogP contribution in [0.3, 0.4) is 0 Å². The van der Waals surface area contributed by atoms with Gasteiger partial charge in [-0.2, -0.15) is 4.99 Å². The van der Waals surface area contributed by atoms with Crippen LogP contribution < -0.4 is 4.80 Å². The largest absolute Gasteiger partial charge is 0.316 e. The van der Waals surface area contributed by atoms with Crippen molar-refractivity contribution in [2.45, 2.75) is 26.8 Å². The summed E-state index contributed by atoms with van der Waals surface area (Å²) < 4.78 is 2.06. The zero-order chi connectivity index (χ0) is 18.0. The lowest BCUT2D eigenvalue weighted by Gasteiger charge is -2.09. The highest BCUT2D eigenvalue weighted by atomic mass is 35.5. The second-order valence-corrected chi connectivity index (χ2v) is 8.10. The van der Waals surface area contributed by atoms with Crippen LogP contribution in [0.15, 0.2) is 40.7 Å². The Morgan fingerprint density at radius 3 is 2.60 bits per heavy atom. The van der Waals surface area contributed by atoms with Crippen LogP contribution in [0.5, 0.6) is 0 Å². The van der Waals surface area contributed by atoms with Crippen molar-refractivity contribution in [2.24, 2.45) is 4.99 Å². The lowest BCUT2D eigenvalue weighted by molar-refractivity contribution is 0.100. The van der Waals surface area contributed by atoms with E-state index in [1.807, 2.05) is 30.5 Å². The molecule has 7 heteroatoms. The average Bonchev–Trinajstić information content (AvgIpc) is 3.24. The molecule has 0 aliphatic heterocycles. The van der Waals surface area contributed by atoms with Crippen molar-refractivity contribution in [2.75, 3.05) is 0 Å². The van der Waals surface area contributed by atoms with Crippen LogP contribution in [0.1, 0.15) is 28.4 Å². The van der Waals surface area contributed by atoms with E-state index in [2.05, 4.69) is 16.5 Å². The smallest absolute Gasteiger partial charge is 0.289 e. The molecule has 3 rings (SSSR count). The number of carbonyl (C=O) groups is 1. The van der Waals surface area contributed by atoms with Crippen molar-refractivity contribution in [3.8, 4) is 11.3 Å². The minimum atomic E-state index is -0.207. The number of amides is 1. The maximum atomic E-state index is 12.4. The number of rotatable bonds is 4. The molecule has 0 saturated carbocycles. The molecule has 0 radical (unpaired) electrons. The van der Waals surface area contributed by atoms with Crippen LogP contribution in [-0.2, 0) is 13.0 Å². The quantitative estimate of drug-likeness (QED) is 0.526. The molecule has 0 aliphatic rings. The van der Waals surface area contributed by atoms with Gasteiger partial charge in [-0.15, -0.1) is 22.7 Å². The molecule has 0 aliphatic carbocycles. The van der Waals surface area contributed by atoms with Gasteiger partial charge < -0.3 is 4.57 Å². The van der Waals surface area contributed by atoms with Crippen LogP contribution in [0.2, 0.25) is 10.0 Å². The van der Waals surface area contributed by atoms with Gasteiger partial charge in [0, 0.05) is 17.0 Å². The molecular formula is C18H16Cl2N2OS2. The summed E-state index contributed by atoms with van der Waals surface area (Å²) in [5.41, 5.74) is 2.03. The lowest BCUT2D eigenvalue weighted by Crippen LogP contribution is -2.16. The summed E-state index contributed by atoms with van der Waals surface area (Å²) in [6, 6.07) is 9.26. The van der Waals surface area contributed by atoms with Crippen LogP contribution >= 0.6 is 45.9 Å². The number of hydrogen-bond donors (Lipinski definition) is 0. The second-order valence-electron chi connectivity index (χ2n) is 5.28. The highest BCUT2D eigenvalue weighted by Gasteiger charge is 2.16. The average molecular weight is 411 g/mol. The lowest BCUT2D eigenvalue weighted by atomic mass is 10.1. The standard InChI is InChI=1S/C18H16Cl2N2OS2/c1-3-14-16(11-7-8-12(19)13(20)10-11)22(4-2)18(25-14)21-17(23)15-6-5-9-24-15/h5-10H,3-4H2,1-2H3. The fraction of sp³-hybridized carbons (Fsp3) is 0.222. The zero-order valence-electron chi connectivity index (χ0n) is 13.8. The molecule has 25 heavy (non-hydrogen) atoms. The third-order valence-corrected chi connectivity index (χ3v) is 6.56. The second kappa shape index (κ2) is 7.87. The molecule has 0 saturated heterocycles. The van der Waals surface area contributed by atoms with E-state index < -0.39 is 0 Å². The Labute approximate surface area is 164 Å². The number of thiophene rings is 1. The van der Waals surface area contributed by atoms with Crippen molar-refractivity contribution < 1.29 is 4.79 Å². The van der Waals surface area contributed by atoms with Gasteiger partial charge in [0.05, 0.1) is 20.6 Å². The van der Waals surface area contributed by atoms with E-state index in [1.54, 1.807) is 23.5 Å². The molecule has 130 valence electrons. The van der Waals surface area contributed by atoms with Crippen molar-refractivity contribution in [3.05, 3.63) is 60.3 Å². The van der Waals surface area contributed by atoms with E-state index in [0.29, 0.717) is 26.3 Å². The molecule has 2 heterocycles. The van der Waals surface area contributed by atoms with E-state index in [0.717, 1.165) is 22.6 Å². The highest BCUT2D eigenvalue weighted by Crippen LogP contribution is 2.32. The maximum absolute atomic E-state index is 12.4. The minimum Gasteiger partial charge on any atom is -0.316 e. The van der Waals surface area contributed by atoms with Crippen LogP contribution in [0.25, 0.3) is 11.3 Å². The third-order valence-electron chi connectivity index (χ3n) is 3.74. The van der Waals surface area contributed by atoms with Crippen molar-refractivity contribution in [1.82, 2.24) is 4.57 Å². The third kappa shape index (κ3) is 3.75. The SMILES string of the molecule is CCc1sc(=NC(=O)c2cccs2)n(CC)c1-c1ccc(Cl)c(Cl)c1. The normalized spacial score (nSPS) is 11.9. The first-order chi connectivity index (χ1) is 12.0. The Bertz CT molecular complexity index is 972. The van der Waals surface area contributed by atoms with Crippen molar-refractivity contribution >= 4 is 51.8 Å². The van der Waals surface area contributed by atoms with Gasteiger partial charge in [0.1, 0.15) is 0 Å². The van der Waals surface area contributed by atoms with Gasteiger partial charge in [-0.1, -0.05) is 42.3 Å². The molecule has 0 bridgehead atoms. The monoisotopic (exact) mass is 410 g/mol. The molecule has 1 amide bonds. The Hall–Kier alpha value is -1.40. The summed E-state index contributed by atoms with van der Waals surface area (Å²) in [6.07, 6.45) is 0.850. The van der Waals surface area contributed by atoms with Crippen LogP contribution in [0, 0.1) is 0 Å². The Kier molecular flexibility index (Phi) is 5.79. The van der Waals surface area contributed by atoms with E-state index in [4.69, 9.17) is 23.2 Å². The summed E-state index contributed by atoms with van der Waals surface area (Å²) in [5.74, 6) is -0.207. The number of benzene rings is 1. The number of carbonyl (C=O) groups excluding carboxylic acids is 1. The minimum absolute atomic E-state index is 0.207. The number of aromatic nitrogens is 1. The van der Waals surface area contributed by atoms with Gasteiger partial charge in [-0.3, -0.25) is 4.79 Å². The molecule has 0 spiro atoms. The number of hydrogen-bond acceptors (Lipinski definition) is 3. The molecule has 3 nitrogen and oxygen atoms in total. The Morgan fingerprint density at radius 2 is 2.00 bits per heavy atom. The van der Waals surface area contributed by atoms with Crippen molar-refractivity contribution in [3.63, 3.8) is 0 Å². The van der Waals surface area contributed by atoms with E-state index in [1.165, 1.54) is 11.3 Å². The van der Waals surface area contributed by atoms with Gasteiger partial charge in [0.25, 0.3) is 5.91 Å². The number of aryl methyl sites for hydroxylation is 1. The Morgan fingerprint density at radius 1 is 1.20 bits per heavy atom. The predicted octanol–water partition coefficient (Wildman–Crippen LogP) is 5.91. The maximum Gasteiger partial charge on any atom is 0.289 e. The summed E-state index contributed by atoms with van der Waals surface area (Å²) in [5, 5.41) is 2.92. The van der Waals surface area contributed by atoms with E-state index in [-0.39, 0.29) is 5.91 Å². The Balaban J connectivity index is 2.18. The molecule has 0 unspecified atom stereocenters. The number of nitrogens with zero attached hydrogens (tertiary/aromatic N) is 2. The van der Waals surface area contributed by atoms with Crippen LogP contribution in [-0.4, -0.2) is 10.5 Å². The summed E-state index contributed by atoms with van der Waals surface area (Å²) in [4.78, 5) is 19.3. The predicted molar refractivity (Wildman–Crippen MR) is 107 cm³/mol. The molecule has 0 fully saturated rings. The van der Waals surface area contributed by atoms with Gasteiger partial charge in [-0.25, -0.2) is 0 Å². The van der Waals surface area contributed by atoms with Gasteiger partial charge >= 0.3 is 0 Å². The topological polar surface area (TPSA) is 34.4 Å². The molecule has 0 atom stereocenters. The molecule has 0 N–H and O–H groups in total. The molecule has 1 aromatic carbocycles. The fourth-order valence-corrected chi connectivity index (χ4v) is 4.63. The van der Waals surface area contributed by atoms with E-state index in [9.17, 15) is 4.79 Å². The molecular weight excluding hydrogens is 395 g/mol. The summed E-state index contributed by atoms with van der Waals surface area (Å²) in [7, 11) is 0. The van der Waals surface area contributed by atoms with Gasteiger partial charge in [0.15, 0.2) is 4.80 Å². The fourth-order valence-electron chi connectivity index (χ4n) is 2.58. The van der Waals surface area contributed by atoms with Crippen LogP contribution in [0.4, 0.5) is 0 Å².